The number of amides is 1. The number of hydrogen-bond acceptors (Lipinski definition) is 3. The molecular weight excluding hydrogens is 144 g/mol. The highest BCUT2D eigenvalue weighted by Gasteiger charge is 2.23. The van der Waals surface area contributed by atoms with Gasteiger partial charge in [0, 0.05) is 33.2 Å². The van der Waals surface area contributed by atoms with Gasteiger partial charge in [-0.05, 0) is 6.42 Å². The molecule has 0 aromatic carbocycles. The van der Waals surface area contributed by atoms with Gasteiger partial charge in [-0.3, -0.25) is 9.80 Å². The highest BCUT2D eigenvalue weighted by molar-refractivity contribution is 5.77. The average Bonchev–Trinajstić information content (AvgIpc) is 2.31. The Morgan fingerprint density at radius 1 is 1.64 bits per heavy atom. The second kappa shape index (κ2) is 3.69. The largest absolute Gasteiger partial charge is 0.396 e. The lowest BCUT2D eigenvalue weighted by Gasteiger charge is -2.23. The van der Waals surface area contributed by atoms with E-state index in [0.717, 1.165) is 19.5 Å². The number of rotatable bonds is 3. The maximum absolute atomic E-state index is 11.0. The molecule has 0 radical (unpaired) electrons. The lowest BCUT2D eigenvalue weighted by Crippen LogP contribution is -2.36. The Labute approximate surface area is 66.4 Å². The summed E-state index contributed by atoms with van der Waals surface area (Å²) in [5.41, 5.74) is 0. The van der Waals surface area contributed by atoms with Crippen LogP contribution in [0.2, 0.25) is 0 Å². The minimum Gasteiger partial charge on any atom is -0.396 e. The van der Waals surface area contributed by atoms with Gasteiger partial charge in [-0.1, -0.05) is 0 Å². The molecule has 0 unspecified atom stereocenters. The third-order valence-corrected chi connectivity index (χ3v) is 1.94. The summed E-state index contributed by atoms with van der Waals surface area (Å²) in [6.07, 6.45) is 1.35. The Hall–Kier alpha value is -0.610. The highest BCUT2D eigenvalue weighted by Crippen LogP contribution is 2.08. The van der Waals surface area contributed by atoms with Crippen LogP contribution in [-0.2, 0) is 4.79 Å². The molecule has 0 bridgehead atoms. The fourth-order valence-electron chi connectivity index (χ4n) is 1.21. The quantitative estimate of drug-likeness (QED) is 0.599. The first-order valence-electron chi connectivity index (χ1n) is 3.88. The summed E-state index contributed by atoms with van der Waals surface area (Å²) in [5.74, 6) is 0.169. The third-order valence-electron chi connectivity index (χ3n) is 1.94. The van der Waals surface area contributed by atoms with Crippen LogP contribution < -0.4 is 0 Å². The molecule has 64 valence electrons. The molecule has 0 aliphatic carbocycles. The highest BCUT2D eigenvalue weighted by atomic mass is 16.3. The van der Waals surface area contributed by atoms with Crippen LogP contribution in [0.5, 0.6) is 0 Å². The van der Waals surface area contributed by atoms with E-state index < -0.39 is 0 Å². The predicted octanol–water partition coefficient (Wildman–Crippen LogP) is -0.552. The average molecular weight is 158 g/mol. The minimum absolute atomic E-state index is 0.169. The Balaban J connectivity index is 2.30. The number of carbonyl (C=O) groups is 1. The van der Waals surface area contributed by atoms with Gasteiger partial charge in [-0.2, -0.15) is 0 Å². The van der Waals surface area contributed by atoms with E-state index in [1.165, 1.54) is 0 Å². The first-order valence-corrected chi connectivity index (χ1v) is 3.88. The predicted molar refractivity (Wildman–Crippen MR) is 40.7 cm³/mol. The molecule has 1 aliphatic rings. The number of hydrazine groups is 1. The van der Waals surface area contributed by atoms with E-state index in [9.17, 15) is 4.79 Å². The van der Waals surface area contributed by atoms with Gasteiger partial charge in [0.2, 0.25) is 5.91 Å². The summed E-state index contributed by atoms with van der Waals surface area (Å²) >= 11 is 0. The van der Waals surface area contributed by atoms with Gasteiger partial charge >= 0.3 is 0 Å². The number of hydrogen-bond donors (Lipinski definition) is 1. The van der Waals surface area contributed by atoms with E-state index >= 15 is 0 Å². The summed E-state index contributed by atoms with van der Waals surface area (Å²) in [6.45, 7) is 1.77. The van der Waals surface area contributed by atoms with Crippen molar-refractivity contribution in [3.05, 3.63) is 0 Å². The standard InChI is InChI=1S/C7H14N2O2/c1-8-7(11)3-5-9(8)4-2-6-10/h10H,2-6H2,1H3. The third kappa shape index (κ3) is 1.91. The maximum atomic E-state index is 11.0. The van der Waals surface area contributed by atoms with Crippen molar-refractivity contribution < 1.29 is 9.90 Å². The van der Waals surface area contributed by atoms with Gasteiger partial charge in [0.05, 0.1) is 0 Å². The molecule has 0 spiro atoms. The molecule has 1 rings (SSSR count). The molecule has 1 saturated heterocycles. The van der Waals surface area contributed by atoms with Gasteiger partial charge in [-0.25, -0.2) is 5.01 Å². The summed E-state index contributed by atoms with van der Waals surface area (Å²) < 4.78 is 0. The van der Waals surface area contributed by atoms with Gasteiger partial charge in [-0.15, -0.1) is 0 Å². The lowest BCUT2D eigenvalue weighted by atomic mass is 10.4. The molecule has 0 aromatic rings. The zero-order valence-corrected chi connectivity index (χ0v) is 6.79. The Kier molecular flexibility index (Phi) is 2.84. The number of aliphatic hydroxyl groups excluding tert-OH is 1. The van der Waals surface area contributed by atoms with Crippen molar-refractivity contribution in [1.29, 1.82) is 0 Å². The normalized spacial score (nSPS) is 19.8. The summed E-state index contributed by atoms with van der Waals surface area (Å²) in [6, 6.07) is 0. The fourth-order valence-corrected chi connectivity index (χ4v) is 1.21. The topological polar surface area (TPSA) is 43.8 Å². The van der Waals surface area contributed by atoms with Gasteiger partial charge in [0.25, 0.3) is 0 Å². The van der Waals surface area contributed by atoms with Crippen molar-refractivity contribution in [3.8, 4) is 0 Å². The van der Waals surface area contributed by atoms with Crippen molar-refractivity contribution >= 4 is 5.91 Å². The van der Waals surface area contributed by atoms with Crippen LogP contribution in [0.15, 0.2) is 0 Å². The van der Waals surface area contributed by atoms with E-state index in [4.69, 9.17) is 5.11 Å². The van der Waals surface area contributed by atoms with E-state index in [2.05, 4.69) is 0 Å². The van der Waals surface area contributed by atoms with Crippen molar-refractivity contribution in [3.63, 3.8) is 0 Å². The van der Waals surface area contributed by atoms with Gasteiger partial charge < -0.3 is 5.11 Å². The number of nitrogens with zero attached hydrogens (tertiary/aromatic N) is 2. The molecule has 1 amide bonds. The van der Waals surface area contributed by atoms with Crippen LogP contribution in [0.4, 0.5) is 0 Å². The van der Waals surface area contributed by atoms with Crippen molar-refractivity contribution in [1.82, 2.24) is 10.0 Å². The van der Waals surface area contributed by atoms with E-state index in [1.807, 2.05) is 5.01 Å². The molecule has 0 aromatic heterocycles. The van der Waals surface area contributed by atoms with Crippen LogP contribution >= 0.6 is 0 Å². The van der Waals surface area contributed by atoms with Gasteiger partial charge in [0.15, 0.2) is 0 Å². The van der Waals surface area contributed by atoms with Crippen LogP contribution in [0.25, 0.3) is 0 Å². The molecule has 0 atom stereocenters. The molecule has 0 saturated carbocycles. The van der Waals surface area contributed by atoms with E-state index in [-0.39, 0.29) is 12.5 Å². The van der Waals surface area contributed by atoms with Crippen molar-refractivity contribution in [2.75, 3.05) is 26.7 Å². The van der Waals surface area contributed by atoms with Crippen LogP contribution in [-0.4, -0.2) is 47.8 Å². The SMILES string of the molecule is CN1C(=O)CCN1CCCO. The van der Waals surface area contributed by atoms with Crippen LogP contribution in [0, 0.1) is 0 Å². The smallest absolute Gasteiger partial charge is 0.237 e. The van der Waals surface area contributed by atoms with Gasteiger partial charge in [0.1, 0.15) is 0 Å². The summed E-state index contributed by atoms with van der Waals surface area (Å²) in [5, 5.41) is 12.1. The molecule has 11 heavy (non-hydrogen) atoms. The molecular formula is C7H14N2O2. The Bertz CT molecular complexity index is 149. The molecule has 1 heterocycles. The monoisotopic (exact) mass is 158 g/mol. The van der Waals surface area contributed by atoms with Crippen LogP contribution in [0.1, 0.15) is 12.8 Å². The first kappa shape index (κ1) is 8.49. The Morgan fingerprint density at radius 2 is 2.36 bits per heavy atom. The second-order valence-corrected chi connectivity index (χ2v) is 2.70. The number of aliphatic hydroxyl groups is 1. The molecule has 1 fully saturated rings. The second-order valence-electron chi connectivity index (χ2n) is 2.70. The van der Waals surface area contributed by atoms with Crippen molar-refractivity contribution in [2.45, 2.75) is 12.8 Å². The first-order chi connectivity index (χ1) is 5.25. The lowest BCUT2D eigenvalue weighted by molar-refractivity contribution is -0.135. The molecule has 4 heteroatoms. The summed E-state index contributed by atoms with van der Waals surface area (Å²) in [4.78, 5) is 11.0. The minimum atomic E-state index is 0.169. The fraction of sp³-hybridized carbons (Fsp3) is 0.857. The molecule has 1 N–H and O–H groups in total. The number of carbonyl (C=O) groups excluding carboxylic acids is 1. The maximum Gasteiger partial charge on any atom is 0.237 e. The van der Waals surface area contributed by atoms with E-state index in [0.29, 0.717) is 6.42 Å². The Morgan fingerprint density at radius 3 is 2.82 bits per heavy atom. The zero-order chi connectivity index (χ0) is 8.27. The summed E-state index contributed by atoms with van der Waals surface area (Å²) in [7, 11) is 1.77. The van der Waals surface area contributed by atoms with Crippen LogP contribution in [0.3, 0.4) is 0 Å². The van der Waals surface area contributed by atoms with E-state index in [1.54, 1.807) is 12.1 Å². The molecule has 4 nitrogen and oxygen atoms in total. The zero-order valence-electron chi connectivity index (χ0n) is 6.79. The molecule has 1 aliphatic heterocycles. The van der Waals surface area contributed by atoms with Crippen molar-refractivity contribution in [2.24, 2.45) is 0 Å².